The van der Waals surface area contributed by atoms with E-state index in [4.69, 9.17) is 15.7 Å². The molecule has 2 aliphatic heterocycles. The summed E-state index contributed by atoms with van der Waals surface area (Å²) in [6.07, 6.45) is 5.34. The van der Waals surface area contributed by atoms with E-state index < -0.39 is 23.6 Å². The van der Waals surface area contributed by atoms with Gasteiger partial charge in [0.25, 0.3) is 0 Å². The fourth-order valence-electron chi connectivity index (χ4n) is 10.1. The summed E-state index contributed by atoms with van der Waals surface area (Å²) in [5, 5.41) is 35.7. The number of likely N-dealkylation sites (tertiary alicyclic amines) is 1. The number of carbonyl (C=O) groups is 3. The Morgan fingerprint density at radius 2 is 1.68 bits per heavy atom. The maximum atomic E-state index is 14.2. The predicted molar refractivity (Wildman–Crippen MR) is 268 cm³/mol. The molecule has 1 saturated carbocycles. The largest absolute Gasteiger partial charge is 0.507 e. The van der Waals surface area contributed by atoms with Crippen molar-refractivity contribution in [3.05, 3.63) is 89.3 Å². The van der Waals surface area contributed by atoms with Crippen LogP contribution in [-0.2, 0) is 27.5 Å². The van der Waals surface area contributed by atoms with Gasteiger partial charge in [0.1, 0.15) is 17.8 Å². The normalized spacial score (nSPS) is 22.1. The van der Waals surface area contributed by atoms with Crippen LogP contribution in [0, 0.1) is 24.2 Å². The number of rotatable bonds is 15. The minimum absolute atomic E-state index is 0.0225. The molecule has 5 heterocycles. The van der Waals surface area contributed by atoms with E-state index in [1.165, 1.54) is 4.90 Å². The first-order valence-corrected chi connectivity index (χ1v) is 24.9. The number of aryl methyl sites for hydroxylation is 1. The fourth-order valence-corrected chi connectivity index (χ4v) is 10.9. The van der Waals surface area contributed by atoms with Crippen LogP contribution in [-0.4, -0.2) is 126 Å². The molecule has 2 aromatic carbocycles. The topological polar surface area (TPSA) is 219 Å². The zero-order chi connectivity index (χ0) is 49.1. The summed E-state index contributed by atoms with van der Waals surface area (Å²) in [6.45, 7) is 15.1. The van der Waals surface area contributed by atoms with Gasteiger partial charge in [0.05, 0.1) is 33.6 Å². The van der Waals surface area contributed by atoms with Gasteiger partial charge in [0, 0.05) is 87.2 Å². The standard InChI is InChI=1S/C51H66N12O5S/c1-8-37-27-61(41-20-40(58-59-46(41)52)39-11-9-10-12-43(39)65)24-30(2)63(37)50-54-22-34(23-55-50)26-60(7)25-33-17-36(18-33)47(66)57-45(51(4,5)6)49(68)62-28-38(64)19-42(62)48(67)53-21-32-13-15-35(16-14-32)44-31(3)56-29-69-44/h9-16,20,22-23,29-30,33,36-38,42,45,64-65H,8,17-19,21,24-28H2,1-7H3,(H2,52,59)(H,53,67)(H,57,66)/t30?,33?,36?,37?,38-,42+,45-/m1/s1. The van der Waals surface area contributed by atoms with Crippen molar-refractivity contribution >= 4 is 46.5 Å². The lowest BCUT2D eigenvalue weighted by molar-refractivity contribution is -0.145. The number of nitrogen functional groups attached to an aromatic ring is 1. The molecule has 17 nitrogen and oxygen atoms in total. The van der Waals surface area contributed by atoms with Gasteiger partial charge in [-0.1, -0.05) is 64.1 Å². The number of aliphatic hydroxyl groups excluding tert-OH is 1. The lowest BCUT2D eigenvalue weighted by Crippen LogP contribution is -2.59. The average molecular weight is 959 g/mol. The molecule has 3 fully saturated rings. The molecule has 0 radical (unpaired) electrons. The SMILES string of the molecule is CCC1CN(c2cc(-c3ccccc3O)nnc2N)CC(C)N1c1ncc(CN(C)CC2CC(C(=O)N[C@H](C(=O)N3C[C@H](O)C[C@H]3C(=O)NCc3ccc(-c4scnc4C)cc3)C(C)(C)C)C2)cn1. The van der Waals surface area contributed by atoms with Crippen LogP contribution in [0.25, 0.3) is 21.7 Å². The first-order chi connectivity index (χ1) is 33.0. The molecule has 5 aromatic rings. The van der Waals surface area contributed by atoms with E-state index in [1.54, 1.807) is 23.5 Å². The summed E-state index contributed by atoms with van der Waals surface area (Å²) in [4.78, 5) is 64.8. The number of aromatic hydroxyl groups is 1. The maximum Gasteiger partial charge on any atom is 0.246 e. The highest BCUT2D eigenvalue weighted by molar-refractivity contribution is 7.13. The highest BCUT2D eigenvalue weighted by Gasteiger charge is 2.46. The van der Waals surface area contributed by atoms with Crippen molar-refractivity contribution in [2.45, 2.75) is 111 Å². The number of para-hydroxylation sites is 1. The molecule has 3 aromatic heterocycles. The van der Waals surface area contributed by atoms with Crippen molar-refractivity contribution in [3.63, 3.8) is 0 Å². The van der Waals surface area contributed by atoms with Crippen LogP contribution < -0.4 is 26.2 Å². The van der Waals surface area contributed by atoms with Crippen LogP contribution in [0.3, 0.4) is 0 Å². The molecule has 6 N–H and O–H groups in total. The number of thiazole rings is 1. The van der Waals surface area contributed by atoms with E-state index in [2.05, 4.69) is 61.4 Å². The third kappa shape index (κ3) is 11.1. The number of nitrogens with one attached hydrogen (secondary N) is 2. The Labute approximate surface area is 408 Å². The van der Waals surface area contributed by atoms with Gasteiger partial charge in [-0.15, -0.1) is 21.5 Å². The monoisotopic (exact) mass is 958 g/mol. The average Bonchev–Trinajstić information content (AvgIpc) is 3.93. The predicted octanol–water partition coefficient (Wildman–Crippen LogP) is 5.41. The summed E-state index contributed by atoms with van der Waals surface area (Å²) >= 11 is 1.58. The summed E-state index contributed by atoms with van der Waals surface area (Å²) in [6, 6.07) is 15.4. The Morgan fingerprint density at radius 1 is 0.957 bits per heavy atom. The van der Waals surface area contributed by atoms with Gasteiger partial charge in [0.2, 0.25) is 23.7 Å². The molecule has 0 bridgehead atoms. The number of aliphatic hydroxyl groups is 1. The second kappa shape index (κ2) is 20.8. The molecule has 5 atom stereocenters. The number of phenols is 1. The molecular formula is C51H66N12O5S. The number of hydrogen-bond donors (Lipinski definition) is 5. The number of phenolic OH excluding ortho intramolecular Hbond substituents is 1. The van der Waals surface area contributed by atoms with Crippen LogP contribution in [0.4, 0.5) is 17.5 Å². The van der Waals surface area contributed by atoms with E-state index in [9.17, 15) is 24.6 Å². The first-order valence-electron chi connectivity index (χ1n) is 24.0. The van der Waals surface area contributed by atoms with Gasteiger partial charge in [-0.05, 0) is 80.8 Å². The van der Waals surface area contributed by atoms with Gasteiger partial charge in [-0.25, -0.2) is 15.0 Å². The van der Waals surface area contributed by atoms with Gasteiger partial charge >= 0.3 is 0 Å². The van der Waals surface area contributed by atoms with Crippen LogP contribution >= 0.6 is 11.3 Å². The number of anilines is 3. The third-order valence-corrected chi connectivity index (χ3v) is 14.8. The lowest BCUT2D eigenvalue weighted by Gasteiger charge is -2.46. The number of nitrogens with two attached hydrogens (primary N) is 1. The van der Waals surface area contributed by atoms with E-state index in [0.717, 1.165) is 45.9 Å². The van der Waals surface area contributed by atoms with Gasteiger partial charge in [-0.2, -0.15) is 0 Å². The first kappa shape index (κ1) is 49.2. The van der Waals surface area contributed by atoms with Crippen LogP contribution in [0.15, 0.2) is 72.5 Å². The van der Waals surface area contributed by atoms with Crippen LogP contribution in [0.1, 0.15) is 77.1 Å². The van der Waals surface area contributed by atoms with E-state index in [1.807, 2.05) is 88.1 Å². The lowest BCUT2D eigenvalue weighted by atomic mass is 9.73. The molecule has 3 amide bonds. The summed E-state index contributed by atoms with van der Waals surface area (Å²) < 4.78 is 0. The Morgan fingerprint density at radius 3 is 2.35 bits per heavy atom. The van der Waals surface area contributed by atoms with E-state index >= 15 is 0 Å². The van der Waals surface area contributed by atoms with Crippen LogP contribution in [0.2, 0.25) is 0 Å². The summed E-state index contributed by atoms with van der Waals surface area (Å²) in [5.41, 5.74) is 13.4. The zero-order valence-electron chi connectivity index (χ0n) is 40.7. The minimum Gasteiger partial charge on any atom is -0.507 e. The second-order valence-corrected chi connectivity index (χ2v) is 21.1. The van der Waals surface area contributed by atoms with Crippen molar-refractivity contribution in [2.75, 3.05) is 48.8 Å². The number of hydrogen-bond acceptors (Lipinski definition) is 15. The molecule has 366 valence electrons. The molecule has 8 rings (SSSR count). The Hall–Kier alpha value is -6.24. The van der Waals surface area contributed by atoms with Crippen molar-refractivity contribution in [1.29, 1.82) is 0 Å². The Bertz CT molecular complexity index is 2600. The molecule has 18 heteroatoms. The highest BCUT2D eigenvalue weighted by atomic mass is 32.1. The second-order valence-electron chi connectivity index (χ2n) is 20.2. The molecule has 3 aliphatic rings. The number of aromatic nitrogens is 5. The fraction of sp³-hybridized carbons (Fsp3) is 0.490. The quantitative estimate of drug-likeness (QED) is 0.0887. The summed E-state index contributed by atoms with van der Waals surface area (Å²) in [5.74, 6) is 0.370. The van der Waals surface area contributed by atoms with Crippen molar-refractivity contribution in [1.82, 2.24) is 45.6 Å². The number of benzene rings is 2. The highest BCUT2D eigenvalue weighted by Crippen LogP contribution is 2.37. The van der Waals surface area contributed by atoms with Crippen molar-refractivity contribution in [3.8, 4) is 27.4 Å². The molecule has 2 saturated heterocycles. The van der Waals surface area contributed by atoms with Gasteiger partial charge < -0.3 is 46.2 Å². The minimum atomic E-state index is -0.876. The number of nitrogens with zero attached hydrogens (tertiary/aromatic N) is 9. The Balaban J connectivity index is 0.809. The number of piperazine rings is 1. The number of amides is 3. The van der Waals surface area contributed by atoms with Gasteiger partial charge in [0.15, 0.2) is 5.82 Å². The summed E-state index contributed by atoms with van der Waals surface area (Å²) in [7, 11) is 2.06. The van der Waals surface area contributed by atoms with E-state index in [-0.39, 0.29) is 61.0 Å². The smallest absolute Gasteiger partial charge is 0.246 e. The zero-order valence-corrected chi connectivity index (χ0v) is 41.5. The molecule has 0 spiro atoms. The van der Waals surface area contributed by atoms with Crippen molar-refractivity contribution in [2.24, 2.45) is 17.3 Å². The molecule has 2 unspecified atom stereocenters. The van der Waals surface area contributed by atoms with Gasteiger partial charge in [-0.3, -0.25) is 14.4 Å². The molecule has 1 aliphatic carbocycles. The van der Waals surface area contributed by atoms with Crippen LogP contribution in [0.5, 0.6) is 5.75 Å². The maximum absolute atomic E-state index is 14.2. The Kier molecular flexibility index (Phi) is 14.8. The van der Waals surface area contributed by atoms with Crippen molar-refractivity contribution < 1.29 is 24.6 Å². The number of carbonyl (C=O) groups excluding carboxylic acids is 3. The third-order valence-electron chi connectivity index (χ3n) is 13.8. The molecule has 69 heavy (non-hydrogen) atoms. The molecular weight excluding hydrogens is 893 g/mol. The number of β-amino-alcohol motifs (C(OH)–C–C–N with tert-alkyl or cyclic N) is 1. The van der Waals surface area contributed by atoms with E-state index in [0.29, 0.717) is 61.4 Å².